The van der Waals surface area contributed by atoms with Crippen molar-refractivity contribution in [2.24, 2.45) is 0 Å². The molecule has 2 aromatic rings. The van der Waals surface area contributed by atoms with E-state index in [9.17, 15) is 0 Å². The van der Waals surface area contributed by atoms with Gasteiger partial charge in [0.05, 0.1) is 0 Å². The van der Waals surface area contributed by atoms with Gasteiger partial charge in [0.25, 0.3) is 0 Å². The first-order chi connectivity index (χ1) is 10.8. The number of aryl methyl sites for hydroxylation is 1. The Morgan fingerprint density at radius 2 is 1.55 bits per heavy atom. The van der Waals surface area contributed by atoms with Crippen LogP contribution in [0.3, 0.4) is 0 Å². The summed E-state index contributed by atoms with van der Waals surface area (Å²) in [6.45, 7) is 1.17. The molecule has 0 radical (unpaired) electrons. The Morgan fingerprint density at radius 1 is 0.864 bits per heavy atom. The van der Waals surface area contributed by atoms with Crippen molar-refractivity contribution in [3.8, 4) is 0 Å². The Labute approximate surface area is 134 Å². The van der Waals surface area contributed by atoms with Gasteiger partial charge in [0.2, 0.25) is 0 Å². The van der Waals surface area contributed by atoms with E-state index in [1.807, 2.05) is 0 Å². The van der Waals surface area contributed by atoms with Gasteiger partial charge in [-0.1, -0.05) is 42.5 Å². The van der Waals surface area contributed by atoms with Gasteiger partial charge in [-0.05, 0) is 74.1 Å². The molecule has 0 saturated carbocycles. The Morgan fingerprint density at radius 3 is 2.32 bits per heavy atom. The lowest BCUT2D eigenvalue weighted by Crippen LogP contribution is -2.26. The molecule has 0 spiro atoms. The topological polar surface area (TPSA) is 3.24 Å². The molecule has 22 heavy (non-hydrogen) atoms. The summed E-state index contributed by atoms with van der Waals surface area (Å²) in [7, 11) is 4.33. The van der Waals surface area contributed by atoms with Crippen molar-refractivity contribution < 1.29 is 0 Å². The molecule has 1 nitrogen and oxygen atoms in total. The fourth-order valence-electron chi connectivity index (χ4n) is 4.58. The van der Waals surface area contributed by atoms with Crippen LogP contribution in [-0.2, 0) is 6.42 Å². The Kier molecular flexibility index (Phi) is 3.54. The largest absolute Gasteiger partial charge is 0.309 e. The van der Waals surface area contributed by atoms with Crippen LogP contribution in [0.15, 0.2) is 42.5 Å². The van der Waals surface area contributed by atoms with Gasteiger partial charge in [0.15, 0.2) is 0 Å². The number of hydrogen-bond donors (Lipinski definition) is 0. The fourth-order valence-corrected chi connectivity index (χ4v) is 4.58. The van der Waals surface area contributed by atoms with Crippen molar-refractivity contribution in [3.63, 3.8) is 0 Å². The zero-order valence-electron chi connectivity index (χ0n) is 13.7. The predicted molar refractivity (Wildman–Crippen MR) is 92.7 cm³/mol. The summed E-state index contributed by atoms with van der Waals surface area (Å²) in [4.78, 5) is 2.29. The van der Waals surface area contributed by atoms with Crippen molar-refractivity contribution in [2.75, 3.05) is 20.6 Å². The quantitative estimate of drug-likeness (QED) is 0.798. The van der Waals surface area contributed by atoms with Crippen molar-refractivity contribution in [1.29, 1.82) is 0 Å². The molecule has 2 bridgehead atoms. The molecule has 0 amide bonds. The van der Waals surface area contributed by atoms with E-state index in [0.29, 0.717) is 11.8 Å². The highest BCUT2D eigenvalue weighted by atomic mass is 15.0. The number of rotatable bonds is 4. The molecule has 2 aromatic carbocycles. The van der Waals surface area contributed by atoms with E-state index in [1.165, 1.54) is 32.2 Å². The number of nitrogens with zero attached hydrogens (tertiary/aromatic N) is 1. The van der Waals surface area contributed by atoms with E-state index in [-0.39, 0.29) is 0 Å². The summed E-state index contributed by atoms with van der Waals surface area (Å²) in [5, 5.41) is 0. The standard InChI is InChI=1S/C21H25N/c1-22(2)14-6-8-15-7-5-11-19-18-12-13-20(21(15)19)17-10-4-3-9-16(17)18/h3-5,7,9-11,18,20H,6,8,12-14H2,1-2H3. The maximum absolute atomic E-state index is 2.39. The first kappa shape index (κ1) is 14.0. The van der Waals surface area contributed by atoms with Crippen LogP contribution in [0, 0.1) is 0 Å². The van der Waals surface area contributed by atoms with Gasteiger partial charge in [-0.3, -0.25) is 0 Å². The molecule has 2 atom stereocenters. The molecular formula is C21H25N. The zero-order valence-corrected chi connectivity index (χ0v) is 13.7. The minimum absolute atomic E-state index is 0.644. The van der Waals surface area contributed by atoms with Gasteiger partial charge in [-0.2, -0.15) is 0 Å². The summed E-state index contributed by atoms with van der Waals surface area (Å²) in [5.74, 6) is 1.29. The smallest absolute Gasteiger partial charge is 0.00983 e. The molecule has 0 aromatic heterocycles. The zero-order chi connectivity index (χ0) is 15.1. The summed E-state index contributed by atoms with van der Waals surface area (Å²) >= 11 is 0. The second-order valence-electron chi connectivity index (χ2n) is 7.14. The van der Waals surface area contributed by atoms with Gasteiger partial charge >= 0.3 is 0 Å². The highest BCUT2D eigenvalue weighted by molar-refractivity contribution is 5.57. The molecular weight excluding hydrogens is 266 g/mol. The third-order valence-corrected chi connectivity index (χ3v) is 5.50. The Balaban J connectivity index is 1.72. The lowest BCUT2D eigenvalue weighted by molar-refractivity contribution is 0.399. The van der Waals surface area contributed by atoms with E-state index >= 15 is 0 Å². The van der Waals surface area contributed by atoms with Gasteiger partial charge in [-0.25, -0.2) is 0 Å². The molecule has 0 N–H and O–H groups in total. The summed E-state index contributed by atoms with van der Waals surface area (Å²) in [6, 6.07) is 16.2. The molecule has 0 fully saturated rings. The van der Waals surface area contributed by atoms with E-state index < -0.39 is 0 Å². The average Bonchev–Trinajstić information content (AvgIpc) is 2.55. The molecule has 3 aliphatic rings. The third-order valence-electron chi connectivity index (χ3n) is 5.50. The summed E-state index contributed by atoms with van der Waals surface area (Å²) < 4.78 is 0. The van der Waals surface area contributed by atoms with E-state index in [0.717, 1.165) is 0 Å². The van der Waals surface area contributed by atoms with Crippen molar-refractivity contribution in [2.45, 2.75) is 37.5 Å². The van der Waals surface area contributed by atoms with Crippen molar-refractivity contribution in [3.05, 3.63) is 70.3 Å². The van der Waals surface area contributed by atoms with Crippen LogP contribution in [-0.4, -0.2) is 25.5 Å². The minimum Gasteiger partial charge on any atom is -0.309 e. The van der Waals surface area contributed by atoms with Crippen molar-refractivity contribution >= 4 is 0 Å². The minimum atomic E-state index is 0.644. The SMILES string of the molecule is CN(C)CCCc1cccc2c1C1CCC2c2ccccc21. The van der Waals surface area contributed by atoms with Gasteiger partial charge < -0.3 is 4.90 Å². The van der Waals surface area contributed by atoms with Gasteiger partial charge in [0, 0.05) is 11.8 Å². The summed E-state index contributed by atoms with van der Waals surface area (Å²) in [5.41, 5.74) is 8.10. The molecule has 1 heteroatoms. The molecule has 5 rings (SSSR count). The number of hydrogen-bond acceptors (Lipinski definition) is 1. The number of fused-ring (bicyclic) bond motifs is 1. The van der Waals surface area contributed by atoms with E-state index in [4.69, 9.17) is 0 Å². The molecule has 0 heterocycles. The molecule has 114 valence electrons. The second kappa shape index (κ2) is 5.55. The number of benzene rings is 2. The predicted octanol–water partition coefficient (Wildman–Crippen LogP) is 4.55. The first-order valence-electron chi connectivity index (χ1n) is 8.61. The first-order valence-corrected chi connectivity index (χ1v) is 8.61. The van der Waals surface area contributed by atoms with Crippen LogP contribution < -0.4 is 0 Å². The normalized spacial score (nSPS) is 21.8. The molecule has 2 unspecified atom stereocenters. The average molecular weight is 291 g/mol. The maximum atomic E-state index is 2.39. The highest BCUT2D eigenvalue weighted by Crippen LogP contribution is 2.53. The third kappa shape index (κ3) is 2.19. The van der Waals surface area contributed by atoms with Gasteiger partial charge in [0.1, 0.15) is 0 Å². The maximum Gasteiger partial charge on any atom is 0.00983 e. The van der Waals surface area contributed by atoms with Crippen LogP contribution in [0.5, 0.6) is 0 Å². The van der Waals surface area contributed by atoms with Crippen LogP contribution in [0.25, 0.3) is 0 Å². The second-order valence-corrected chi connectivity index (χ2v) is 7.14. The van der Waals surface area contributed by atoms with Crippen LogP contribution in [0.2, 0.25) is 0 Å². The monoisotopic (exact) mass is 291 g/mol. The lowest BCUT2D eigenvalue weighted by atomic mass is 9.62. The lowest BCUT2D eigenvalue weighted by Gasteiger charge is -2.41. The van der Waals surface area contributed by atoms with E-state index in [2.05, 4.69) is 61.5 Å². The van der Waals surface area contributed by atoms with Crippen LogP contribution in [0.4, 0.5) is 0 Å². The Bertz CT molecular complexity index is 686. The molecule has 0 saturated heterocycles. The summed E-state index contributed by atoms with van der Waals surface area (Å²) in [6.07, 6.45) is 5.13. The molecule has 3 aliphatic carbocycles. The molecule has 0 aliphatic heterocycles. The van der Waals surface area contributed by atoms with Crippen LogP contribution in [0.1, 0.15) is 58.9 Å². The fraction of sp³-hybridized carbons (Fsp3) is 0.429. The van der Waals surface area contributed by atoms with E-state index in [1.54, 1.807) is 27.8 Å². The van der Waals surface area contributed by atoms with Crippen LogP contribution >= 0.6 is 0 Å². The van der Waals surface area contributed by atoms with Gasteiger partial charge in [-0.15, -0.1) is 0 Å². The Hall–Kier alpha value is -1.60. The van der Waals surface area contributed by atoms with Crippen molar-refractivity contribution in [1.82, 2.24) is 4.90 Å². The highest BCUT2D eigenvalue weighted by Gasteiger charge is 2.37.